The second-order valence-corrected chi connectivity index (χ2v) is 26.1. The van der Waals surface area contributed by atoms with E-state index in [9.17, 15) is 0 Å². The molecule has 0 heterocycles. The number of allylic oxidation sites excluding steroid dienone is 3. The van der Waals surface area contributed by atoms with E-state index in [1.807, 2.05) is 0 Å². The third-order valence-corrected chi connectivity index (χ3v) is 18.7. The van der Waals surface area contributed by atoms with Crippen LogP contribution in [-0.2, 0) is 13.6 Å². The first kappa shape index (κ1) is 53.7. The summed E-state index contributed by atoms with van der Waals surface area (Å²) in [7, 11) is -0.240. The normalized spacial score (nSPS) is 28.5. The fourth-order valence-electron chi connectivity index (χ4n) is 13.3. The van der Waals surface area contributed by atoms with Crippen molar-refractivity contribution in [3.8, 4) is 12.3 Å². The lowest BCUT2D eigenvalue weighted by Gasteiger charge is -2.58. The molecule has 9 atom stereocenters. The summed E-state index contributed by atoms with van der Waals surface area (Å²) < 4.78 is 20.7. The van der Waals surface area contributed by atoms with Crippen LogP contribution in [0.2, 0.25) is 13.1 Å². The first-order valence-electron chi connectivity index (χ1n) is 27.3. The Hall–Kier alpha value is -0.903. The molecule has 0 amide bonds. The van der Waals surface area contributed by atoms with Crippen LogP contribution in [-0.4, -0.2) is 52.6 Å². The average molecular weight is 879 g/mol. The molecule has 0 saturated heterocycles. The summed E-state index contributed by atoms with van der Waals surface area (Å²) in [6, 6.07) is 0. The Kier molecular flexibility index (Phi) is 24.5. The zero-order valence-corrected chi connectivity index (χ0v) is 43.7. The molecule has 4 nitrogen and oxygen atoms in total. The molecule has 0 aromatic heterocycles. The van der Waals surface area contributed by atoms with Crippen molar-refractivity contribution >= 4 is 8.56 Å². The number of hydrogen-bond donors (Lipinski definition) is 0. The minimum absolute atomic E-state index is 0.159. The molecular formula is C57H103NO3Si. The van der Waals surface area contributed by atoms with Crippen LogP contribution in [0.4, 0.5) is 0 Å². The van der Waals surface area contributed by atoms with E-state index in [0.717, 1.165) is 74.5 Å². The van der Waals surface area contributed by atoms with Crippen LogP contribution in [0.15, 0.2) is 23.8 Å². The van der Waals surface area contributed by atoms with E-state index in [2.05, 4.69) is 90.7 Å². The molecule has 4 aliphatic carbocycles. The highest BCUT2D eigenvalue weighted by Crippen LogP contribution is 2.67. The monoisotopic (exact) mass is 878 g/mol. The smallest absolute Gasteiger partial charge is 0.333 e. The minimum Gasteiger partial charge on any atom is -0.394 e. The van der Waals surface area contributed by atoms with Crippen molar-refractivity contribution in [1.82, 2.24) is 4.90 Å². The maximum atomic E-state index is 7.11. The van der Waals surface area contributed by atoms with E-state index in [1.165, 1.54) is 167 Å². The number of hydrogen-bond acceptors (Lipinski definition) is 4. The van der Waals surface area contributed by atoms with Crippen molar-refractivity contribution in [2.45, 2.75) is 253 Å². The lowest BCUT2D eigenvalue weighted by atomic mass is 9.47. The number of rotatable bonds is 33. The molecular weight excluding hydrogens is 775 g/mol. The van der Waals surface area contributed by atoms with E-state index in [4.69, 9.17) is 20.0 Å². The summed E-state index contributed by atoms with van der Waals surface area (Å²) in [4.78, 5) is 2.23. The Morgan fingerprint density at radius 1 is 0.790 bits per heavy atom. The van der Waals surface area contributed by atoms with E-state index >= 15 is 0 Å². The molecule has 0 aromatic carbocycles. The molecule has 0 radical (unpaired) electrons. The molecule has 62 heavy (non-hydrogen) atoms. The fourth-order valence-corrected chi connectivity index (χ4v) is 14.8. The first-order chi connectivity index (χ1) is 29.8. The third-order valence-electron chi connectivity index (χ3n) is 17.0. The van der Waals surface area contributed by atoms with Gasteiger partial charge in [0, 0.05) is 6.61 Å². The largest absolute Gasteiger partial charge is 0.394 e. The van der Waals surface area contributed by atoms with Crippen molar-refractivity contribution in [2.75, 3.05) is 26.7 Å². The Morgan fingerprint density at radius 3 is 2.18 bits per heavy atom. The van der Waals surface area contributed by atoms with Crippen molar-refractivity contribution < 1.29 is 13.6 Å². The third kappa shape index (κ3) is 17.4. The number of ether oxygens (including phenoxy) is 1. The summed E-state index contributed by atoms with van der Waals surface area (Å²) in [5, 5.41) is 0. The van der Waals surface area contributed by atoms with E-state index in [1.54, 1.807) is 5.57 Å². The molecule has 0 bridgehead atoms. The highest BCUT2D eigenvalue weighted by Gasteiger charge is 2.59. The van der Waals surface area contributed by atoms with Crippen LogP contribution < -0.4 is 0 Å². The predicted molar refractivity (Wildman–Crippen MR) is 270 cm³/mol. The standard InChI is InChI=1S/C57H103NO3Si/c1-11-13-14-15-16-17-18-19-20-21-22-23-24-25-28-34-55(61-62(9,10)59-45-30-27-26-29-44-58(8)43-12-2)60-50-39-41-56(6)49(46-50)35-36-51-53-38-37-52(48(5)33-31-32-47(3)4)57(53,7)42-40-54(51)56/h2,19-20,35,47-48,50-55H,11,13-18,21-34,36-46H2,1,3-10H3/b20-19-. The number of fused-ring (bicyclic) bond motifs is 5. The Bertz CT molecular complexity index is 1320. The van der Waals surface area contributed by atoms with Gasteiger partial charge in [0.15, 0.2) is 0 Å². The SMILES string of the molecule is C#CCN(C)CCCCCCO[Si](C)(C)OC(CCCCCCC/C=C\CCCCCCCC)OC1CCC2(C)C(=CCC3C2CCC2(C)C(C(C)CCCC(C)C)CCC32)C1. The lowest BCUT2D eigenvalue weighted by molar-refractivity contribution is -0.150. The maximum absolute atomic E-state index is 7.11. The molecule has 5 heteroatoms. The first-order valence-corrected chi connectivity index (χ1v) is 30.1. The molecule has 0 N–H and O–H groups in total. The van der Waals surface area contributed by atoms with Gasteiger partial charge in [0.25, 0.3) is 0 Å². The fraction of sp³-hybridized carbons (Fsp3) is 0.895. The van der Waals surface area contributed by atoms with E-state index < -0.39 is 8.56 Å². The van der Waals surface area contributed by atoms with Gasteiger partial charge in [0.1, 0.15) is 6.29 Å². The van der Waals surface area contributed by atoms with Gasteiger partial charge in [-0.2, -0.15) is 0 Å². The van der Waals surface area contributed by atoms with Crippen LogP contribution in [0.25, 0.3) is 0 Å². The van der Waals surface area contributed by atoms with Gasteiger partial charge < -0.3 is 13.6 Å². The van der Waals surface area contributed by atoms with Gasteiger partial charge in [0.2, 0.25) is 0 Å². The number of terminal acetylenes is 1. The summed E-state index contributed by atoms with van der Waals surface area (Å²) in [5.74, 6) is 8.03. The molecule has 9 unspecified atom stereocenters. The Labute approximate surface area is 388 Å². The Balaban J connectivity index is 1.27. The molecule has 4 rings (SSSR count). The van der Waals surface area contributed by atoms with Gasteiger partial charge in [-0.3, -0.25) is 4.90 Å². The Morgan fingerprint density at radius 2 is 1.47 bits per heavy atom. The zero-order chi connectivity index (χ0) is 44.9. The van der Waals surface area contributed by atoms with Crippen LogP contribution in [0.3, 0.4) is 0 Å². The molecule has 0 aliphatic heterocycles. The molecule has 3 fully saturated rings. The second kappa shape index (κ2) is 28.3. The highest BCUT2D eigenvalue weighted by atomic mass is 28.4. The highest BCUT2D eigenvalue weighted by molar-refractivity contribution is 6.64. The second-order valence-electron chi connectivity index (χ2n) is 22.8. The van der Waals surface area contributed by atoms with Crippen LogP contribution in [0, 0.1) is 58.7 Å². The summed E-state index contributed by atoms with van der Waals surface area (Å²) in [6.45, 7) is 22.2. The predicted octanol–water partition coefficient (Wildman–Crippen LogP) is 16.6. The molecule has 0 spiro atoms. The van der Waals surface area contributed by atoms with Gasteiger partial charge in [-0.25, -0.2) is 0 Å². The quantitative estimate of drug-likeness (QED) is 0.0216. The van der Waals surface area contributed by atoms with Gasteiger partial charge in [0.05, 0.1) is 12.6 Å². The maximum Gasteiger partial charge on any atom is 0.333 e. The summed E-state index contributed by atoms with van der Waals surface area (Å²) in [5.41, 5.74) is 2.62. The summed E-state index contributed by atoms with van der Waals surface area (Å²) >= 11 is 0. The van der Waals surface area contributed by atoms with Gasteiger partial charge in [-0.15, -0.1) is 6.42 Å². The van der Waals surface area contributed by atoms with Crippen LogP contribution in [0.5, 0.6) is 0 Å². The van der Waals surface area contributed by atoms with Gasteiger partial charge in [-0.05, 0) is 176 Å². The average Bonchev–Trinajstić information content (AvgIpc) is 3.59. The van der Waals surface area contributed by atoms with Crippen molar-refractivity contribution in [3.05, 3.63) is 23.8 Å². The molecule has 0 aromatic rings. The van der Waals surface area contributed by atoms with Crippen molar-refractivity contribution in [2.24, 2.45) is 46.3 Å². The minimum atomic E-state index is -2.35. The van der Waals surface area contributed by atoms with Gasteiger partial charge >= 0.3 is 8.56 Å². The topological polar surface area (TPSA) is 30.9 Å². The van der Waals surface area contributed by atoms with Gasteiger partial charge in [-0.1, -0.05) is 155 Å². The summed E-state index contributed by atoms with van der Waals surface area (Å²) in [6.07, 6.45) is 51.0. The zero-order valence-electron chi connectivity index (χ0n) is 42.7. The number of unbranched alkanes of at least 4 members (excludes halogenated alkanes) is 14. The number of nitrogens with zero attached hydrogens (tertiary/aromatic N) is 1. The molecule has 3 saturated carbocycles. The van der Waals surface area contributed by atoms with Crippen LogP contribution in [0.1, 0.15) is 228 Å². The molecule has 358 valence electrons. The van der Waals surface area contributed by atoms with Crippen LogP contribution >= 0.6 is 0 Å². The van der Waals surface area contributed by atoms with E-state index in [0.29, 0.717) is 10.8 Å². The van der Waals surface area contributed by atoms with Crippen molar-refractivity contribution in [3.63, 3.8) is 0 Å². The molecule has 4 aliphatic rings. The van der Waals surface area contributed by atoms with E-state index in [-0.39, 0.29) is 12.4 Å². The van der Waals surface area contributed by atoms with Crippen molar-refractivity contribution in [1.29, 1.82) is 0 Å². The lowest BCUT2D eigenvalue weighted by Crippen LogP contribution is -2.51.